The monoisotopic (exact) mass is 232 g/mol. The number of likely N-dealkylation sites (N-methyl/N-ethyl adjacent to an activating group) is 1. The number of rotatable bonds is 5. The van der Waals surface area contributed by atoms with Gasteiger partial charge in [-0.25, -0.2) is 0 Å². The Labute approximate surface area is 104 Å². The molecule has 0 radical (unpaired) electrons. The molecule has 0 aliphatic heterocycles. The minimum Gasteiger partial charge on any atom is -0.494 e. The second-order valence-corrected chi connectivity index (χ2v) is 4.50. The average Bonchev–Trinajstić information content (AvgIpc) is 2.31. The van der Waals surface area contributed by atoms with Gasteiger partial charge in [0.1, 0.15) is 11.3 Å². The van der Waals surface area contributed by atoms with Gasteiger partial charge in [0, 0.05) is 6.42 Å². The molecule has 0 bridgehead atoms. The third-order valence-corrected chi connectivity index (χ3v) is 3.04. The van der Waals surface area contributed by atoms with Crippen molar-refractivity contribution in [2.75, 3.05) is 20.7 Å². The lowest BCUT2D eigenvalue weighted by Crippen LogP contribution is -2.41. The van der Waals surface area contributed by atoms with Gasteiger partial charge in [-0.3, -0.25) is 4.90 Å². The first-order valence-corrected chi connectivity index (χ1v) is 5.83. The Bertz CT molecular complexity index is 409. The van der Waals surface area contributed by atoms with E-state index in [1.165, 1.54) is 0 Å². The van der Waals surface area contributed by atoms with Crippen LogP contribution in [0.4, 0.5) is 0 Å². The first-order valence-electron chi connectivity index (χ1n) is 5.83. The van der Waals surface area contributed by atoms with Crippen LogP contribution >= 0.6 is 0 Å². The average molecular weight is 232 g/mol. The van der Waals surface area contributed by atoms with E-state index in [1.807, 2.05) is 57.1 Å². The summed E-state index contributed by atoms with van der Waals surface area (Å²) in [5.41, 5.74) is 0.569. The number of hydrogen-bond acceptors (Lipinski definition) is 3. The second kappa shape index (κ2) is 5.70. The third-order valence-electron chi connectivity index (χ3n) is 3.04. The van der Waals surface area contributed by atoms with Gasteiger partial charge in [-0.15, -0.1) is 0 Å². The SMILES string of the molecule is CCOc1ccccc1CC(C)(C#N)N(C)C. The standard InChI is InChI=1S/C14H20N2O/c1-5-17-13-9-7-6-8-12(13)10-14(2,11-15)16(3)4/h6-9H,5,10H2,1-4H3. The number of nitrogens with zero attached hydrogens (tertiary/aromatic N) is 2. The van der Waals surface area contributed by atoms with Gasteiger partial charge >= 0.3 is 0 Å². The molecule has 3 nitrogen and oxygen atoms in total. The van der Waals surface area contributed by atoms with Gasteiger partial charge in [0.2, 0.25) is 0 Å². The van der Waals surface area contributed by atoms with E-state index in [2.05, 4.69) is 6.07 Å². The summed E-state index contributed by atoms with van der Waals surface area (Å²) >= 11 is 0. The first-order chi connectivity index (χ1) is 8.03. The molecule has 3 heteroatoms. The van der Waals surface area contributed by atoms with E-state index >= 15 is 0 Å². The summed E-state index contributed by atoms with van der Waals surface area (Å²) in [5.74, 6) is 0.873. The van der Waals surface area contributed by atoms with E-state index < -0.39 is 5.54 Å². The van der Waals surface area contributed by atoms with Crippen molar-refractivity contribution in [1.29, 1.82) is 5.26 Å². The second-order valence-electron chi connectivity index (χ2n) is 4.50. The molecule has 1 aromatic rings. The molecule has 0 fully saturated rings. The van der Waals surface area contributed by atoms with Crippen LogP contribution in [-0.4, -0.2) is 31.1 Å². The van der Waals surface area contributed by atoms with Gasteiger partial charge in [-0.1, -0.05) is 18.2 Å². The summed E-state index contributed by atoms with van der Waals surface area (Å²) < 4.78 is 5.58. The van der Waals surface area contributed by atoms with E-state index in [9.17, 15) is 5.26 Å². The van der Waals surface area contributed by atoms with Gasteiger partial charge in [-0.05, 0) is 39.6 Å². The highest BCUT2D eigenvalue weighted by Crippen LogP contribution is 2.25. The topological polar surface area (TPSA) is 36.3 Å². The maximum absolute atomic E-state index is 9.31. The summed E-state index contributed by atoms with van der Waals surface area (Å²) in [5, 5.41) is 9.31. The molecule has 0 spiro atoms. The zero-order chi connectivity index (χ0) is 12.9. The van der Waals surface area contributed by atoms with Crippen LogP contribution in [0.3, 0.4) is 0 Å². The Hall–Kier alpha value is -1.53. The first kappa shape index (κ1) is 13.5. The smallest absolute Gasteiger partial charge is 0.122 e. The molecule has 0 N–H and O–H groups in total. The summed E-state index contributed by atoms with van der Waals surface area (Å²) in [4.78, 5) is 1.94. The molecule has 0 heterocycles. The molecule has 0 saturated carbocycles. The Morgan fingerprint density at radius 3 is 2.53 bits per heavy atom. The molecule has 17 heavy (non-hydrogen) atoms. The van der Waals surface area contributed by atoms with E-state index in [-0.39, 0.29) is 0 Å². The van der Waals surface area contributed by atoms with Crippen molar-refractivity contribution in [2.24, 2.45) is 0 Å². The molecule has 1 atom stereocenters. The highest BCUT2D eigenvalue weighted by molar-refractivity contribution is 5.36. The van der Waals surface area contributed by atoms with Gasteiger partial charge in [0.05, 0.1) is 12.7 Å². The van der Waals surface area contributed by atoms with Crippen LogP contribution in [0.5, 0.6) is 5.75 Å². The van der Waals surface area contributed by atoms with Crippen LogP contribution in [-0.2, 0) is 6.42 Å². The quantitative estimate of drug-likeness (QED) is 0.782. The summed E-state index contributed by atoms with van der Waals surface area (Å²) in [7, 11) is 3.85. The van der Waals surface area contributed by atoms with Crippen molar-refractivity contribution in [2.45, 2.75) is 25.8 Å². The number of ether oxygens (including phenoxy) is 1. The normalized spacial score (nSPS) is 14.1. The lowest BCUT2D eigenvalue weighted by atomic mass is 9.92. The third kappa shape index (κ3) is 3.21. The van der Waals surface area contributed by atoms with E-state index in [0.717, 1.165) is 11.3 Å². The van der Waals surface area contributed by atoms with Gasteiger partial charge in [-0.2, -0.15) is 5.26 Å². The zero-order valence-corrected chi connectivity index (χ0v) is 11.0. The highest BCUT2D eigenvalue weighted by atomic mass is 16.5. The van der Waals surface area contributed by atoms with Crippen molar-refractivity contribution < 1.29 is 4.74 Å². The minimum absolute atomic E-state index is 0.507. The van der Waals surface area contributed by atoms with Crippen molar-refractivity contribution >= 4 is 0 Å². The number of para-hydroxylation sites is 1. The van der Waals surface area contributed by atoms with Crippen molar-refractivity contribution in [3.63, 3.8) is 0 Å². The van der Waals surface area contributed by atoms with E-state index in [4.69, 9.17) is 4.74 Å². The van der Waals surface area contributed by atoms with Gasteiger partial charge < -0.3 is 4.74 Å². The van der Waals surface area contributed by atoms with E-state index in [0.29, 0.717) is 13.0 Å². The van der Waals surface area contributed by atoms with Crippen molar-refractivity contribution in [3.05, 3.63) is 29.8 Å². The number of nitriles is 1. The van der Waals surface area contributed by atoms with Crippen LogP contribution in [0.2, 0.25) is 0 Å². The maximum atomic E-state index is 9.31. The Balaban J connectivity index is 2.98. The summed E-state index contributed by atoms with van der Waals surface area (Å²) in [6.45, 7) is 4.55. The molecule has 0 saturated heterocycles. The molecule has 0 amide bonds. The van der Waals surface area contributed by atoms with Crippen LogP contribution in [0.15, 0.2) is 24.3 Å². The predicted octanol–water partition coefficient (Wildman–Crippen LogP) is 2.47. The van der Waals surface area contributed by atoms with Crippen molar-refractivity contribution in [3.8, 4) is 11.8 Å². The minimum atomic E-state index is -0.507. The van der Waals surface area contributed by atoms with Crippen molar-refractivity contribution in [1.82, 2.24) is 4.90 Å². The zero-order valence-electron chi connectivity index (χ0n) is 11.0. The highest BCUT2D eigenvalue weighted by Gasteiger charge is 2.28. The fourth-order valence-corrected chi connectivity index (χ4v) is 1.61. The Kier molecular flexibility index (Phi) is 4.53. The molecule has 92 valence electrons. The maximum Gasteiger partial charge on any atom is 0.122 e. The summed E-state index contributed by atoms with van der Waals surface area (Å²) in [6, 6.07) is 10.3. The molecule has 1 unspecified atom stereocenters. The molecule has 0 aliphatic carbocycles. The molecular formula is C14H20N2O. The van der Waals surface area contributed by atoms with Crippen LogP contribution in [0.1, 0.15) is 19.4 Å². The Morgan fingerprint density at radius 2 is 2.00 bits per heavy atom. The lowest BCUT2D eigenvalue weighted by molar-refractivity contribution is 0.233. The largest absolute Gasteiger partial charge is 0.494 e. The van der Waals surface area contributed by atoms with E-state index in [1.54, 1.807) is 0 Å². The molecular weight excluding hydrogens is 212 g/mol. The predicted molar refractivity (Wildman–Crippen MR) is 69.0 cm³/mol. The Morgan fingerprint density at radius 1 is 1.35 bits per heavy atom. The molecule has 1 aromatic carbocycles. The number of hydrogen-bond donors (Lipinski definition) is 0. The van der Waals surface area contributed by atoms with Crippen LogP contribution < -0.4 is 4.74 Å². The van der Waals surface area contributed by atoms with Crippen LogP contribution in [0, 0.1) is 11.3 Å². The van der Waals surface area contributed by atoms with Gasteiger partial charge in [0.15, 0.2) is 0 Å². The fourth-order valence-electron chi connectivity index (χ4n) is 1.61. The fraction of sp³-hybridized carbons (Fsp3) is 0.500. The molecule has 0 aliphatic rings. The van der Waals surface area contributed by atoms with Crippen LogP contribution in [0.25, 0.3) is 0 Å². The van der Waals surface area contributed by atoms with Gasteiger partial charge in [0.25, 0.3) is 0 Å². The molecule has 0 aromatic heterocycles. The lowest BCUT2D eigenvalue weighted by Gasteiger charge is -2.30. The molecule has 1 rings (SSSR count). The summed E-state index contributed by atoms with van der Waals surface area (Å²) in [6.07, 6.45) is 0.659. The number of benzene rings is 1.